The van der Waals surface area contributed by atoms with Crippen LogP contribution in [-0.2, 0) is 16.0 Å². The number of non-ortho nitro benzene ring substituents is 1. The number of amides is 1. The maximum atomic E-state index is 14.5. The number of carbonyl (C=O) groups is 2. The molecule has 0 bridgehead atoms. The van der Waals surface area contributed by atoms with Gasteiger partial charge in [-0.1, -0.05) is 41.9 Å². The summed E-state index contributed by atoms with van der Waals surface area (Å²) in [6.45, 7) is 1.42. The summed E-state index contributed by atoms with van der Waals surface area (Å²) in [6, 6.07) is 17.0. The van der Waals surface area contributed by atoms with Crippen molar-refractivity contribution in [2.45, 2.75) is 25.9 Å². The molecule has 1 aliphatic rings. The maximum Gasteiger partial charge on any atom is 0.339 e. The number of rotatable bonds is 6. The van der Waals surface area contributed by atoms with Crippen LogP contribution < -0.4 is 5.32 Å². The van der Waals surface area contributed by atoms with Crippen molar-refractivity contribution in [1.29, 1.82) is 0 Å². The van der Waals surface area contributed by atoms with Crippen molar-refractivity contribution in [3.8, 4) is 0 Å². The Kier molecular flexibility index (Phi) is 7.08. The molecule has 3 aromatic carbocycles. The molecule has 10 heteroatoms. The van der Waals surface area contributed by atoms with Crippen LogP contribution in [0.25, 0.3) is 22.6 Å². The van der Waals surface area contributed by atoms with E-state index in [2.05, 4.69) is 5.32 Å². The number of fused-ring (bicyclic) bond motifs is 2. The normalized spacial score (nSPS) is 14.2. The van der Waals surface area contributed by atoms with Gasteiger partial charge in [0, 0.05) is 28.8 Å². The summed E-state index contributed by atoms with van der Waals surface area (Å²) in [4.78, 5) is 41.4. The van der Waals surface area contributed by atoms with Gasteiger partial charge < -0.3 is 10.1 Å². The van der Waals surface area contributed by atoms with E-state index in [9.17, 15) is 24.1 Å². The average molecular weight is 546 g/mol. The third kappa shape index (κ3) is 5.21. The predicted octanol–water partition coefficient (Wildman–Crippen LogP) is 6.61. The Morgan fingerprint density at radius 3 is 2.67 bits per heavy atom. The highest BCUT2D eigenvalue weighted by molar-refractivity contribution is 6.32. The van der Waals surface area contributed by atoms with Crippen molar-refractivity contribution < 1.29 is 23.6 Å². The monoisotopic (exact) mass is 545 g/mol. The fourth-order valence-corrected chi connectivity index (χ4v) is 4.77. The zero-order chi connectivity index (χ0) is 27.7. The molecule has 196 valence electrons. The van der Waals surface area contributed by atoms with Crippen LogP contribution in [-0.4, -0.2) is 27.9 Å². The number of carbonyl (C=O) groups excluding carboxylic acids is 2. The van der Waals surface area contributed by atoms with Gasteiger partial charge >= 0.3 is 5.97 Å². The van der Waals surface area contributed by atoms with E-state index in [1.165, 1.54) is 43.3 Å². The molecule has 5 rings (SSSR count). The lowest BCUT2D eigenvalue weighted by molar-refractivity contribution is -0.384. The van der Waals surface area contributed by atoms with Crippen LogP contribution in [0.15, 0.2) is 66.7 Å². The van der Waals surface area contributed by atoms with Crippen molar-refractivity contribution in [1.82, 2.24) is 4.98 Å². The van der Waals surface area contributed by atoms with Gasteiger partial charge in [-0.15, -0.1) is 0 Å². The molecule has 39 heavy (non-hydrogen) atoms. The minimum atomic E-state index is -1.20. The van der Waals surface area contributed by atoms with E-state index in [4.69, 9.17) is 21.3 Å². The summed E-state index contributed by atoms with van der Waals surface area (Å²) in [5.74, 6) is -1.82. The zero-order valence-corrected chi connectivity index (χ0v) is 21.4. The average Bonchev–Trinajstić information content (AvgIpc) is 3.31. The van der Waals surface area contributed by atoms with Gasteiger partial charge in [0.2, 0.25) is 0 Å². The van der Waals surface area contributed by atoms with Crippen molar-refractivity contribution in [3.63, 3.8) is 0 Å². The fourth-order valence-electron chi connectivity index (χ4n) is 4.55. The van der Waals surface area contributed by atoms with Gasteiger partial charge in [0.05, 0.1) is 26.7 Å². The molecular weight excluding hydrogens is 525 g/mol. The number of esters is 1. The molecule has 8 nitrogen and oxygen atoms in total. The largest absolute Gasteiger partial charge is 0.449 e. The Morgan fingerprint density at radius 1 is 1.13 bits per heavy atom. The number of nitro benzene ring substituents is 1. The van der Waals surface area contributed by atoms with Crippen molar-refractivity contribution >= 4 is 57.4 Å². The number of hydrogen-bond donors (Lipinski definition) is 1. The SMILES string of the molecule is CC(OC(=O)c1c2c(nc3ccccc13)/C(=C\c1c(F)cccc1Cl)CC2)C(=O)Nc1cccc([N+](=O)[O-])c1. The molecule has 0 fully saturated rings. The van der Waals surface area contributed by atoms with E-state index in [1.807, 2.05) is 0 Å². The fraction of sp³-hybridized carbons (Fsp3) is 0.138. The first-order chi connectivity index (χ1) is 18.7. The van der Waals surface area contributed by atoms with Crippen molar-refractivity contribution in [2.24, 2.45) is 0 Å². The summed E-state index contributed by atoms with van der Waals surface area (Å²) in [7, 11) is 0. The topological polar surface area (TPSA) is 111 Å². The predicted molar refractivity (Wildman–Crippen MR) is 146 cm³/mol. The molecule has 0 spiro atoms. The quantitative estimate of drug-likeness (QED) is 0.166. The zero-order valence-electron chi connectivity index (χ0n) is 20.6. The highest BCUT2D eigenvalue weighted by atomic mass is 35.5. The second kappa shape index (κ2) is 10.6. The van der Waals surface area contributed by atoms with Crippen LogP contribution in [0, 0.1) is 15.9 Å². The summed E-state index contributed by atoms with van der Waals surface area (Å²) in [5, 5.41) is 14.4. The molecule has 1 heterocycles. The number of nitrogens with one attached hydrogen (secondary N) is 1. The highest BCUT2D eigenvalue weighted by Gasteiger charge is 2.30. The van der Waals surface area contributed by atoms with Crippen LogP contribution in [0.3, 0.4) is 0 Å². The molecule has 1 aromatic heterocycles. The summed E-state index contributed by atoms with van der Waals surface area (Å²) >= 11 is 6.23. The molecular formula is C29H21ClFN3O5. The highest BCUT2D eigenvalue weighted by Crippen LogP contribution is 2.39. The van der Waals surface area contributed by atoms with Gasteiger partial charge in [-0.2, -0.15) is 0 Å². The third-order valence-corrected chi connectivity index (χ3v) is 6.77. The number of nitro groups is 1. The molecule has 4 aromatic rings. The number of para-hydroxylation sites is 1. The molecule has 1 aliphatic carbocycles. The van der Waals surface area contributed by atoms with Crippen molar-refractivity contribution in [2.75, 3.05) is 5.32 Å². The lowest BCUT2D eigenvalue weighted by atomic mass is 10.0. The number of anilines is 1. The number of allylic oxidation sites excluding steroid dienone is 1. The van der Waals surface area contributed by atoms with Gasteiger partial charge in [0.15, 0.2) is 6.10 Å². The number of pyridine rings is 1. The number of hydrogen-bond acceptors (Lipinski definition) is 6. The first-order valence-electron chi connectivity index (χ1n) is 12.1. The van der Waals surface area contributed by atoms with Crippen LogP contribution in [0.2, 0.25) is 5.02 Å². The number of benzene rings is 3. The molecule has 0 saturated heterocycles. The van der Waals surface area contributed by atoms with E-state index in [-0.39, 0.29) is 27.5 Å². The van der Waals surface area contributed by atoms with Crippen LogP contribution in [0.1, 0.15) is 40.5 Å². The molecule has 0 radical (unpaired) electrons. The summed E-state index contributed by atoms with van der Waals surface area (Å²) in [5.41, 5.74) is 3.02. The number of nitrogens with zero attached hydrogens (tertiary/aromatic N) is 2. The smallest absolute Gasteiger partial charge is 0.339 e. The Balaban J connectivity index is 1.46. The van der Waals surface area contributed by atoms with E-state index in [1.54, 1.807) is 36.4 Å². The molecule has 0 aliphatic heterocycles. The maximum absolute atomic E-state index is 14.5. The standard InChI is InChI=1S/C29H21ClFN3O5/c1-16(28(35)32-18-6-4-7-19(15-18)34(37)38)39-29(36)26-20-8-2-3-11-25(20)33-27-17(12-13-21(26)27)14-22-23(30)9-5-10-24(22)31/h2-11,14-16H,12-13H2,1H3,(H,32,35)/b17-14-. The van der Waals surface area contributed by atoms with E-state index < -0.39 is 28.7 Å². The minimum Gasteiger partial charge on any atom is -0.449 e. The molecule has 1 unspecified atom stereocenters. The van der Waals surface area contributed by atoms with Crippen LogP contribution >= 0.6 is 11.6 Å². The second-order valence-corrected chi connectivity index (χ2v) is 9.39. The Hall–Kier alpha value is -4.63. The van der Waals surface area contributed by atoms with E-state index in [0.717, 1.165) is 5.57 Å². The molecule has 1 amide bonds. The van der Waals surface area contributed by atoms with Gasteiger partial charge in [0.1, 0.15) is 5.82 Å². The van der Waals surface area contributed by atoms with Crippen LogP contribution in [0.4, 0.5) is 15.8 Å². The lowest BCUT2D eigenvalue weighted by Gasteiger charge is -2.16. The second-order valence-electron chi connectivity index (χ2n) is 8.98. The molecule has 1 atom stereocenters. The first-order valence-corrected chi connectivity index (χ1v) is 12.4. The van der Waals surface area contributed by atoms with Gasteiger partial charge in [-0.25, -0.2) is 14.2 Å². The number of halogens is 2. The number of ether oxygens (including phenoxy) is 1. The first kappa shape index (κ1) is 26.0. The Morgan fingerprint density at radius 2 is 1.90 bits per heavy atom. The number of aromatic nitrogens is 1. The molecule has 1 N–H and O–H groups in total. The van der Waals surface area contributed by atoms with Gasteiger partial charge in [-0.05, 0) is 61.2 Å². The van der Waals surface area contributed by atoms with Gasteiger partial charge in [-0.3, -0.25) is 14.9 Å². The van der Waals surface area contributed by atoms with Gasteiger partial charge in [0.25, 0.3) is 11.6 Å². The third-order valence-electron chi connectivity index (χ3n) is 6.44. The van der Waals surface area contributed by atoms with E-state index in [0.29, 0.717) is 35.0 Å². The lowest BCUT2D eigenvalue weighted by Crippen LogP contribution is -2.30. The summed E-state index contributed by atoms with van der Waals surface area (Å²) in [6.07, 6.45) is 1.42. The Bertz CT molecular complexity index is 1670. The minimum absolute atomic E-state index is 0.184. The van der Waals surface area contributed by atoms with Crippen molar-refractivity contribution in [3.05, 3.63) is 110 Å². The van der Waals surface area contributed by atoms with Crippen LogP contribution in [0.5, 0.6) is 0 Å². The molecule has 0 saturated carbocycles. The Labute approximate surface area is 227 Å². The van der Waals surface area contributed by atoms with E-state index >= 15 is 0 Å². The summed E-state index contributed by atoms with van der Waals surface area (Å²) < 4.78 is 20.0.